The Hall–Kier alpha value is -1.82. The highest BCUT2D eigenvalue weighted by Gasteiger charge is 2.11. The maximum absolute atomic E-state index is 12.1. The molecule has 2 rings (SSSR count). The molecule has 130 valence electrons. The summed E-state index contributed by atoms with van der Waals surface area (Å²) >= 11 is 3.41. The van der Waals surface area contributed by atoms with Gasteiger partial charge >= 0.3 is 6.03 Å². The van der Waals surface area contributed by atoms with E-state index in [0.717, 1.165) is 28.0 Å². The molecular weight excluding hydrogens is 368 g/mol. The predicted molar refractivity (Wildman–Crippen MR) is 100.0 cm³/mol. The second-order valence-electron chi connectivity index (χ2n) is 6.34. The van der Waals surface area contributed by atoms with Crippen molar-refractivity contribution < 1.29 is 4.79 Å². The maximum Gasteiger partial charge on any atom is 0.315 e. The van der Waals surface area contributed by atoms with Gasteiger partial charge in [0, 0.05) is 23.3 Å². The fourth-order valence-corrected chi connectivity index (χ4v) is 2.83. The number of aromatic nitrogens is 2. The van der Waals surface area contributed by atoms with E-state index in [1.807, 2.05) is 49.7 Å². The van der Waals surface area contributed by atoms with Gasteiger partial charge in [-0.05, 0) is 50.5 Å². The number of carbonyl (C=O) groups is 1. The minimum absolute atomic E-state index is 0.0376. The molecule has 2 unspecified atom stereocenters. The van der Waals surface area contributed by atoms with Crippen LogP contribution in [0.25, 0.3) is 0 Å². The van der Waals surface area contributed by atoms with Crippen LogP contribution in [0.5, 0.6) is 0 Å². The molecule has 1 heterocycles. The molecule has 0 spiro atoms. The molecule has 2 atom stereocenters. The maximum atomic E-state index is 12.1. The Morgan fingerprint density at radius 2 is 1.92 bits per heavy atom. The second-order valence-corrected chi connectivity index (χ2v) is 7.26. The van der Waals surface area contributed by atoms with E-state index in [0.29, 0.717) is 12.5 Å². The quantitative estimate of drug-likeness (QED) is 0.781. The lowest BCUT2D eigenvalue weighted by Crippen LogP contribution is -2.39. The van der Waals surface area contributed by atoms with Gasteiger partial charge in [0.15, 0.2) is 0 Å². The summed E-state index contributed by atoms with van der Waals surface area (Å²) in [4.78, 5) is 12.1. The molecule has 1 aromatic carbocycles. The third-order valence-electron chi connectivity index (χ3n) is 3.92. The van der Waals surface area contributed by atoms with Crippen LogP contribution in [0.3, 0.4) is 0 Å². The molecule has 0 aliphatic heterocycles. The van der Waals surface area contributed by atoms with Gasteiger partial charge in [-0.15, -0.1) is 0 Å². The van der Waals surface area contributed by atoms with Crippen LogP contribution in [0.2, 0.25) is 0 Å². The number of carbonyl (C=O) groups excluding carboxylic acids is 1. The topological polar surface area (TPSA) is 59.0 Å². The number of nitrogens with one attached hydrogen (secondary N) is 2. The number of nitrogens with zero attached hydrogens (tertiary/aromatic N) is 2. The summed E-state index contributed by atoms with van der Waals surface area (Å²) in [7, 11) is 0. The first kappa shape index (κ1) is 18.5. The molecule has 5 nitrogen and oxygen atoms in total. The first-order valence-corrected chi connectivity index (χ1v) is 8.95. The van der Waals surface area contributed by atoms with Crippen LogP contribution in [-0.2, 0) is 6.54 Å². The van der Waals surface area contributed by atoms with Gasteiger partial charge in [-0.2, -0.15) is 5.10 Å². The molecule has 24 heavy (non-hydrogen) atoms. The van der Waals surface area contributed by atoms with Crippen molar-refractivity contribution in [2.24, 2.45) is 5.92 Å². The van der Waals surface area contributed by atoms with Gasteiger partial charge < -0.3 is 10.6 Å². The molecule has 0 saturated heterocycles. The van der Waals surface area contributed by atoms with Crippen molar-refractivity contribution in [1.29, 1.82) is 0 Å². The SMILES string of the molecule is Cc1cc(C)n(CC(C)CNC(=O)NC(C)c2ccc(Br)cc2)n1. The Bertz CT molecular complexity index is 681. The average Bonchev–Trinajstić information content (AvgIpc) is 2.83. The molecule has 0 saturated carbocycles. The van der Waals surface area contributed by atoms with Crippen molar-refractivity contribution in [2.75, 3.05) is 6.54 Å². The van der Waals surface area contributed by atoms with Gasteiger partial charge in [0.25, 0.3) is 0 Å². The minimum Gasteiger partial charge on any atom is -0.338 e. The van der Waals surface area contributed by atoms with Crippen LogP contribution in [-0.4, -0.2) is 22.4 Å². The van der Waals surface area contributed by atoms with Crippen LogP contribution in [0.4, 0.5) is 4.79 Å². The van der Waals surface area contributed by atoms with Crippen LogP contribution in [0, 0.1) is 19.8 Å². The number of amides is 2. The van der Waals surface area contributed by atoms with Gasteiger partial charge in [-0.3, -0.25) is 4.68 Å². The first-order valence-electron chi connectivity index (χ1n) is 8.16. The number of hydrogen-bond acceptors (Lipinski definition) is 2. The standard InChI is InChI=1S/C18H25BrN4O/c1-12(11-23-14(3)9-13(2)22-23)10-20-18(24)21-15(4)16-5-7-17(19)8-6-16/h5-9,12,15H,10-11H2,1-4H3,(H2,20,21,24). The Balaban J connectivity index is 1.77. The third-order valence-corrected chi connectivity index (χ3v) is 4.45. The normalized spacial score (nSPS) is 13.4. The van der Waals surface area contributed by atoms with Gasteiger partial charge in [0.2, 0.25) is 0 Å². The van der Waals surface area contributed by atoms with E-state index in [9.17, 15) is 4.79 Å². The van der Waals surface area contributed by atoms with Crippen LogP contribution in [0.15, 0.2) is 34.8 Å². The molecule has 0 aliphatic rings. The lowest BCUT2D eigenvalue weighted by atomic mass is 10.1. The lowest BCUT2D eigenvalue weighted by Gasteiger charge is -2.17. The molecule has 2 amide bonds. The number of halogens is 1. The highest BCUT2D eigenvalue weighted by atomic mass is 79.9. The molecule has 1 aromatic heterocycles. The summed E-state index contributed by atoms with van der Waals surface area (Å²) in [6, 6.07) is 9.83. The number of rotatable bonds is 6. The number of benzene rings is 1. The summed E-state index contributed by atoms with van der Waals surface area (Å²) in [6.07, 6.45) is 0. The monoisotopic (exact) mass is 392 g/mol. The van der Waals surface area contributed by atoms with Gasteiger partial charge in [0.05, 0.1) is 11.7 Å². The van der Waals surface area contributed by atoms with Gasteiger partial charge in [0.1, 0.15) is 0 Å². The molecule has 2 N–H and O–H groups in total. The second kappa shape index (κ2) is 8.33. The third kappa shape index (κ3) is 5.37. The summed E-state index contributed by atoms with van der Waals surface area (Å²) < 4.78 is 3.02. The van der Waals surface area contributed by atoms with Crippen molar-refractivity contribution in [3.05, 3.63) is 51.8 Å². The highest BCUT2D eigenvalue weighted by Crippen LogP contribution is 2.16. The van der Waals surface area contributed by atoms with Crippen molar-refractivity contribution in [3.63, 3.8) is 0 Å². The van der Waals surface area contributed by atoms with E-state index < -0.39 is 0 Å². The van der Waals surface area contributed by atoms with E-state index in [2.05, 4.69) is 44.7 Å². The Morgan fingerprint density at radius 3 is 2.50 bits per heavy atom. The van der Waals surface area contributed by atoms with E-state index in [1.165, 1.54) is 0 Å². The molecule has 6 heteroatoms. The predicted octanol–water partition coefficient (Wildman–Crippen LogP) is 3.96. The number of hydrogen-bond donors (Lipinski definition) is 2. The fourth-order valence-electron chi connectivity index (χ4n) is 2.57. The zero-order valence-corrected chi connectivity index (χ0v) is 16.2. The molecule has 0 bridgehead atoms. The van der Waals surface area contributed by atoms with E-state index in [-0.39, 0.29) is 12.1 Å². The fraction of sp³-hybridized carbons (Fsp3) is 0.444. The largest absolute Gasteiger partial charge is 0.338 e. The molecule has 2 aromatic rings. The first-order chi connectivity index (χ1) is 11.3. The van der Waals surface area contributed by atoms with E-state index in [4.69, 9.17) is 0 Å². The smallest absolute Gasteiger partial charge is 0.315 e. The van der Waals surface area contributed by atoms with Crippen molar-refractivity contribution >= 4 is 22.0 Å². The van der Waals surface area contributed by atoms with Crippen molar-refractivity contribution in [3.8, 4) is 0 Å². The van der Waals surface area contributed by atoms with Crippen LogP contribution < -0.4 is 10.6 Å². The van der Waals surface area contributed by atoms with E-state index >= 15 is 0 Å². The van der Waals surface area contributed by atoms with Gasteiger partial charge in [-0.1, -0.05) is 35.0 Å². The number of aryl methyl sites for hydroxylation is 2. The Labute approximate surface area is 152 Å². The lowest BCUT2D eigenvalue weighted by molar-refractivity contribution is 0.235. The highest BCUT2D eigenvalue weighted by molar-refractivity contribution is 9.10. The minimum atomic E-state index is -0.148. The summed E-state index contributed by atoms with van der Waals surface area (Å²) in [5.74, 6) is 0.303. The van der Waals surface area contributed by atoms with Gasteiger partial charge in [-0.25, -0.2) is 4.79 Å². The Kier molecular flexibility index (Phi) is 6.43. The zero-order chi connectivity index (χ0) is 17.7. The van der Waals surface area contributed by atoms with Crippen LogP contribution in [0.1, 0.15) is 36.8 Å². The van der Waals surface area contributed by atoms with Crippen molar-refractivity contribution in [2.45, 2.75) is 40.3 Å². The molecule has 0 radical (unpaired) electrons. The molecule has 0 fully saturated rings. The Morgan fingerprint density at radius 1 is 1.25 bits per heavy atom. The summed E-state index contributed by atoms with van der Waals surface area (Å²) in [5, 5.41) is 10.4. The van der Waals surface area contributed by atoms with Crippen LogP contribution >= 0.6 is 15.9 Å². The van der Waals surface area contributed by atoms with E-state index in [1.54, 1.807) is 0 Å². The molecular formula is C18H25BrN4O. The summed E-state index contributed by atoms with van der Waals surface area (Å²) in [6.45, 7) is 9.52. The summed E-state index contributed by atoms with van der Waals surface area (Å²) in [5.41, 5.74) is 3.24. The zero-order valence-electron chi connectivity index (χ0n) is 14.6. The average molecular weight is 393 g/mol. The van der Waals surface area contributed by atoms with Crippen molar-refractivity contribution in [1.82, 2.24) is 20.4 Å². The number of urea groups is 1. The molecule has 0 aliphatic carbocycles.